The Morgan fingerprint density at radius 1 is 1.08 bits per heavy atom. The third-order valence-electron chi connectivity index (χ3n) is 6.09. The van der Waals surface area contributed by atoms with Gasteiger partial charge in [-0.1, -0.05) is 12.8 Å². The molecule has 24 heavy (non-hydrogen) atoms. The van der Waals surface area contributed by atoms with Gasteiger partial charge in [0.05, 0.1) is 6.10 Å². The number of rotatable bonds is 5. The quantitative estimate of drug-likeness (QED) is 0.806. The predicted octanol–water partition coefficient (Wildman–Crippen LogP) is 2.08. The molecule has 3 unspecified atom stereocenters. The second kappa shape index (κ2) is 9.16. The molecule has 3 rings (SSSR count). The van der Waals surface area contributed by atoms with Gasteiger partial charge < -0.3 is 15.2 Å². The average Bonchev–Trinajstić information content (AvgIpc) is 2.62. The monoisotopic (exact) mass is 338 g/mol. The summed E-state index contributed by atoms with van der Waals surface area (Å²) in [6, 6.07) is 0.666. The van der Waals surface area contributed by atoms with E-state index in [1.165, 1.54) is 12.8 Å². The predicted molar refractivity (Wildman–Crippen MR) is 93.8 cm³/mol. The van der Waals surface area contributed by atoms with Crippen molar-refractivity contribution in [1.82, 2.24) is 10.2 Å². The van der Waals surface area contributed by atoms with Crippen LogP contribution in [0.2, 0.25) is 0 Å². The number of carbonyl (C=O) groups excluding carboxylic acids is 1. The van der Waals surface area contributed by atoms with Crippen molar-refractivity contribution in [3.05, 3.63) is 0 Å². The lowest BCUT2D eigenvalue weighted by Crippen LogP contribution is -2.52. The standard InChI is InChI=1S/C19H34N2O3/c22-18-6-2-1-5-17(18)21-11-9-16(10-12-21)20-19(23)8-7-15-4-3-13-24-14-15/h15-18,22H,1-14H2,(H,20,23). The minimum atomic E-state index is -0.150. The number of amides is 1. The first kappa shape index (κ1) is 18.2. The molecule has 0 bridgehead atoms. The molecule has 0 aromatic rings. The van der Waals surface area contributed by atoms with Gasteiger partial charge in [-0.05, 0) is 50.9 Å². The average molecular weight is 338 g/mol. The molecule has 2 N–H and O–H groups in total. The lowest BCUT2D eigenvalue weighted by Gasteiger charge is -2.41. The Balaban J connectivity index is 1.33. The maximum absolute atomic E-state index is 12.2. The highest BCUT2D eigenvalue weighted by Gasteiger charge is 2.31. The SMILES string of the molecule is O=C(CCC1CCCOC1)NC1CCN(C2CCCCC2O)CC1. The summed E-state index contributed by atoms with van der Waals surface area (Å²) in [5, 5.41) is 13.4. The minimum absolute atomic E-state index is 0.150. The molecule has 3 aliphatic rings. The number of ether oxygens (including phenoxy) is 1. The summed E-state index contributed by atoms with van der Waals surface area (Å²) in [4.78, 5) is 14.6. The van der Waals surface area contributed by atoms with Crippen LogP contribution in [0.4, 0.5) is 0 Å². The van der Waals surface area contributed by atoms with Crippen molar-refractivity contribution in [2.45, 2.75) is 82.4 Å². The highest BCUT2D eigenvalue weighted by atomic mass is 16.5. The molecule has 1 amide bonds. The second-order valence-corrected chi connectivity index (χ2v) is 7.92. The van der Waals surface area contributed by atoms with Crippen LogP contribution in [-0.2, 0) is 9.53 Å². The first-order valence-corrected chi connectivity index (χ1v) is 10.0. The van der Waals surface area contributed by atoms with Gasteiger partial charge >= 0.3 is 0 Å². The van der Waals surface area contributed by atoms with E-state index in [-0.39, 0.29) is 12.0 Å². The summed E-state index contributed by atoms with van der Waals surface area (Å²) in [5.41, 5.74) is 0. The van der Waals surface area contributed by atoms with Gasteiger partial charge in [-0.25, -0.2) is 0 Å². The topological polar surface area (TPSA) is 61.8 Å². The Morgan fingerprint density at radius 3 is 2.58 bits per heavy atom. The van der Waals surface area contributed by atoms with Gasteiger partial charge in [-0.15, -0.1) is 0 Å². The van der Waals surface area contributed by atoms with E-state index < -0.39 is 0 Å². The zero-order valence-corrected chi connectivity index (χ0v) is 14.9. The van der Waals surface area contributed by atoms with E-state index in [0.717, 1.165) is 71.2 Å². The molecule has 2 heterocycles. The summed E-state index contributed by atoms with van der Waals surface area (Å²) < 4.78 is 5.48. The first-order chi connectivity index (χ1) is 11.7. The highest BCUT2D eigenvalue weighted by Crippen LogP contribution is 2.26. The number of carbonyl (C=O) groups is 1. The second-order valence-electron chi connectivity index (χ2n) is 7.92. The van der Waals surface area contributed by atoms with Gasteiger partial charge in [0.2, 0.25) is 5.91 Å². The number of aliphatic hydroxyl groups excluding tert-OH is 1. The van der Waals surface area contributed by atoms with Gasteiger partial charge in [0.25, 0.3) is 0 Å². The van der Waals surface area contributed by atoms with Crippen molar-refractivity contribution < 1.29 is 14.6 Å². The fraction of sp³-hybridized carbons (Fsp3) is 0.947. The highest BCUT2D eigenvalue weighted by molar-refractivity contribution is 5.76. The van der Waals surface area contributed by atoms with E-state index in [4.69, 9.17) is 4.74 Å². The van der Waals surface area contributed by atoms with Gasteiger partial charge in [0.1, 0.15) is 0 Å². The van der Waals surface area contributed by atoms with Crippen molar-refractivity contribution in [3.8, 4) is 0 Å². The van der Waals surface area contributed by atoms with Gasteiger partial charge in [0, 0.05) is 44.8 Å². The maximum Gasteiger partial charge on any atom is 0.220 e. The number of likely N-dealkylation sites (tertiary alicyclic amines) is 1. The Bertz CT molecular complexity index is 390. The third-order valence-corrected chi connectivity index (χ3v) is 6.09. The number of nitrogens with zero attached hydrogens (tertiary/aromatic N) is 1. The molecule has 2 aliphatic heterocycles. The number of piperidine rings is 1. The molecule has 2 saturated heterocycles. The molecule has 5 heteroatoms. The van der Waals surface area contributed by atoms with Crippen molar-refractivity contribution >= 4 is 5.91 Å². The summed E-state index contributed by atoms with van der Waals surface area (Å²) >= 11 is 0. The summed E-state index contributed by atoms with van der Waals surface area (Å²) in [5.74, 6) is 0.774. The van der Waals surface area contributed by atoms with Crippen LogP contribution in [0.3, 0.4) is 0 Å². The molecule has 1 saturated carbocycles. The Hall–Kier alpha value is -0.650. The smallest absolute Gasteiger partial charge is 0.220 e. The number of hydrogen-bond donors (Lipinski definition) is 2. The maximum atomic E-state index is 12.2. The third kappa shape index (κ3) is 5.17. The van der Waals surface area contributed by atoms with Crippen LogP contribution in [0.1, 0.15) is 64.2 Å². The number of hydrogen-bond acceptors (Lipinski definition) is 4. The Labute approximate surface area is 146 Å². The number of nitrogens with one attached hydrogen (secondary N) is 1. The van der Waals surface area contributed by atoms with Crippen LogP contribution in [0.25, 0.3) is 0 Å². The molecule has 0 aromatic carbocycles. The van der Waals surface area contributed by atoms with E-state index in [2.05, 4.69) is 10.2 Å². The Morgan fingerprint density at radius 2 is 1.88 bits per heavy atom. The zero-order chi connectivity index (χ0) is 16.8. The van der Waals surface area contributed by atoms with Crippen molar-refractivity contribution in [1.29, 1.82) is 0 Å². The molecule has 1 aliphatic carbocycles. The number of aliphatic hydroxyl groups is 1. The molecule has 138 valence electrons. The van der Waals surface area contributed by atoms with Gasteiger partial charge in [-0.3, -0.25) is 9.69 Å². The minimum Gasteiger partial charge on any atom is -0.391 e. The summed E-state index contributed by atoms with van der Waals surface area (Å²) in [7, 11) is 0. The molecule has 0 aromatic heterocycles. The van der Waals surface area contributed by atoms with E-state index >= 15 is 0 Å². The molecule has 3 fully saturated rings. The van der Waals surface area contributed by atoms with E-state index in [9.17, 15) is 9.90 Å². The molecule has 3 atom stereocenters. The largest absolute Gasteiger partial charge is 0.391 e. The lowest BCUT2D eigenvalue weighted by atomic mass is 9.89. The normalized spacial score (nSPS) is 33.3. The fourth-order valence-corrected chi connectivity index (χ4v) is 4.56. The summed E-state index contributed by atoms with van der Waals surface area (Å²) in [6.07, 6.45) is 10.3. The fourth-order valence-electron chi connectivity index (χ4n) is 4.56. The molecular weight excluding hydrogens is 304 g/mol. The molecule has 0 radical (unpaired) electrons. The Kier molecular flexibility index (Phi) is 6.93. The van der Waals surface area contributed by atoms with Crippen molar-refractivity contribution in [2.24, 2.45) is 5.92 Å². The van der Waals surface area contributed by atoms with Gasteiger partial charge in [0.15, 0.2) is 0 Å². The molecule has 5 nitrogen and oxygen atoms in total. The lowest BCUT2D eigenvalue weighted by molar-refractivity contribution is -0.122. The summed E-state index contributed by atoms with van der Waals surface area (Å²) in [6.45, 7) is 3.72. The molecular formula is C19H34N2O3. The molecule has 0 spiro atoms. The van der Waals surface area contributed by atoms with Crippen LogP contribution in [0.5, 0.6) is 0 Å². The van der Waals surface area contributed by atoms with Crippen LogP contribution in [0, 0.1) is 5.92 Å². The van der Waals surface area contributed by atoms with Crippen LogP contribution in [0.15, 0.2) is 0 Å². The van der Waals surface area contributed by atoms with Gasteiger partial charge in [-0.2, -0.15) is 0 Å². The van der Waals surface area contributed by atoms with Crippen LogP contribution in [-0.4, -0.2) is 60.4 Å². The van der Waals surface area contributed by atoms with E-state index in [1.807, 2.05) is 0 Å². The van der Waals surface area contributed by atoms with E-state index in [0.29, 0.717) is 24.4 Å². The first-order valence-electron chi connectivity index (χ1n) is 10.0. The van der Waals surface area contributed by atoms with Crippen LogP contribution >= 0.6 is 0 Å². The van der Waals surface area contributed by atoms with E-state index in [1.54, 1.807) is 0 Å². The van der Waals surface area contributed by atoms with Crippen molar-refractivity contribution in [2.75, 3.05) is 26.3 Å². The van der Waals surface area contributed by atoms with Crippen molar-refractivity contribution in [3.63, 3.8) is 0 Å². The zero-order valence-electron chi connectivity index (χ0n) is 14.9. The van der Waals surface area contributed by atoms with Crippen LogP contribution < -0.4 is 5.32 Å².